The van der Waals surface area contributed by atoms with Crippen molar-refractivity contribution in [2.24, 2.45) is 5.41 Å². The third-order valence-electron chi connectivity index (χ3n) is 8.16. The summed E-state index contributed by atoms with van der Waals surface area (Å²) in [5.74, 6) is -0.370. The van der Waals surface area contributed by atoms with E-state index in [0.29, 0.717) is 11.2 Å². The fraction of sp³-hybridized carbons (Fsp3) is 0.586. The smallest absolute Gasteiger partial charge is 0.303 e. The molecule has 1 aromatic heterocycles. The molecular formula is C29H40N2O4. The van der Waals surface area contributed by atoms with Gasteiger partial charge in [-0.3, -0.25) is 9.59 Å². The number of hydrogen-bond acceptors (Lipinski definition) is 4. The van der Waals surface area contributed by atoms with Gasteiger partial charge in [0, 0.05) is 31.2 Å². The number of carboxylic acid groups (broad SMARTS) is 1. The number of amides is 1. The molecule has 6 heteroatoms. The van der Waals surface area contributed by atoms with Crippen molar-refractivity contribution in [2.75, 3.05) is 24.5 Å². The monoisotopic (exact) mass is 480 g/mol. The topological polar surface area (TPSA) is 74.0 Å². The van der Waals surface area contributed by atoms with Gasteiger partial charge < -0.3 is 19.3 Å². The number of aliphatic carboxylic acids is 1. The lowest BCUT2D eigenvalue weighted by atomic mass is 9.68. The van der Waals surface area contributed by atoms with Crippen molar-refractivity contribution in [3.8, 4) is 0 Å². The fourth-order valence-electron chi connectivity index (χ4n) is 6.06. The standard InChI is InChI=1S/C29H40N2O4/c1-23-9-11-24(12-10-23)31(28(34)26-7-6-22-35-26)25-13-19-30(20-14-25)21-18-29(15-3-2-4-16-29)17-5-8-27(32)33/h6-7,9-12,22,25H,2-5,8,13-21H2,1H3,(H,32,33). The van der Waals surface area contributed by atoms with Crippen molar-refractivity contribution >= 4 is 17.6 Å². The summed E-state index contributed by atoms with van der Waals surface area (Å²) < 4.78 is 5.46. The van der Waals surface area contributed by atoms with Crippen molar-refractivity contribution in [2.45, 2.75) is 83.6 Å². The molecule has 2 heterocycles. The molecule has 1 aliphatic carbocycles. The molecule has 4 rings (SSSR count). The molecule has 0 bridgehead atoms. The van der Waals surface area contributed by atoms with Crippen LogP contribution in [0.15, 0.2) is 47.1 Å². The number of hydrogen-bond donors (Lipinski definition) is 1. The van der Waals surface area contributed by atoms with Gasteiger partial charge in [0.1, 0.15) is 0 Å². The summed E-state index contributed by atoms with van der Waals surface area (Å²) in [6.45, 7) is 5.07. The molecule has 6 nitrogen and oxygen atoms in total. The number of likely N-dealkylation sites (tertiary alicyclic amines) is 1. The maximum Gasteiger partial charge on any atom is 0.303 e. The molecule has 2 aromatic rings. The molecule has 2 fully saturated rings. The number of aryl methyl sites for hydroxylation is 1. The highest BCUT2D eigenvalue weighted by atomic mass is 16.4. The third kappa shape index (κ3) is 6.75. The van der Waals surface area contributed by atoms with Crippen LogP contribution < -0.4 is 4.90 Å². The minimum atomic E-state index is -0.680. The first-order valence-corrected chi connectivity index (χ1v) is 13.3. The second-order valence-electron chi connectivity index (χ2n) is 10.6. The Hall–Kier alpha value is -2.60. The number of carbonyl (C=O) groups excluding carboxylic acids is 1. The van der Waals surface area contributed by atoms with Crippen LogP contribution in [0.25, 0.3) is 0 Å². The molecule has 0 atom stereocenters. The van der Waals surface area contributed by atoms with Gasteiger partial charge in [0.15, 0.2) is 5.76 Å². The van der Waals surface area contributed by atoms with E-state index in [-0.39, 0.29) is 18.4 Å². The molecule has 0 spiro atoms. The number of rotatable bonds is 10. The van der Waals surface area contributed by atoms with Crippen LogP contribution in [0.5, 0.6) is 0 Å². The molecule has 1 N–H and O–H groups in total. The Morgan fingerprint density at radius 1 is 1.06 bits per heavy atom. The van der Waals surface area contributed by atoms with Crippen LogP contribution in [-0.4, -0.2) is 47.6 Å². The van der Waals surface area contributed by atoms with Gasteiger partial charge in [-0.05, 0) is 88.1 Å². The highest BCUT2D eigenvalue weighted by Gasteiger charge is 2.34. The lowest BCUT2D eigenvalue weighted by Gasteiger charge is -2.42. The molecule has 1 saturated heterocycles. The van der Waals surface area contributed by atoms with E-state index in [1.165, 1.54) is 37.7 Å². The van der Waals surface area contributed by atoms with E-state index >= 15 is 0 Å². The van der Waals surface area contributed by atoms with E-state index in [4.69, 9.17) is 9.52 Å². The predicted octanol–water partition coefficient (Wildman–Crippen LogP) is 6.29. The van der Waals surface area contributed by atoms with Crippen LogP contribution in [0.4, 0.5) is 5.69 Å². The Morgan fingerprint density at radius 2 is 1.77 bits per heavy atom. The fourth-order valence-corrected chi connectivity index (χ4v) is 6.06. The first kappa shape index (κ1) is 25.5. The third-order valence-corrected chi connectivity index (χ3v) is 8.16. The number of anilines is 1. The van der Waals surface area contributed by atoms with Gasteiger partial charge >= 0.3 is 5.97 Å². The van der Waals surface area contributed by atoms with Gasteiger partial charge in [-0.1, -0.05) is 37.0 Å². The molecule has 1 aliphatic heterocycles. The molecule has 2 aliphatic rings. The van der Waals surface area contributed by atoms with Crippen molar-refractivity contribution in [1.29, 1.82) is 0 Å². The van der Waals surface area contributed by atoms with Crippen molar-refractivity contribution in [1.82, 2.24) is 4.90 Å². The van der Waals surface area contributed by atoms with Crippen LogP contribution in [0.2, 0.25) is 0 Å². The van der Waals surface area contributed by atoms with Crippen molar-refractivity contribution in [3.05, 3.63) is 54.0 Å². The number of benzene rings is 1. The SMILES string of the molecule is Cc1ccc(N(C(=O)c2ccco2)C2CCN(CCC3(CCCC(=O)O)CCCCC3)CC2)cc1. The highest BCUT2D eigenvalue weighted by Crippen LogP contribution is 2.43. The zero-order chi connectivity index (χ0) is 24.7. The minimum Gasteiger partial charge on any atom is -0.481 e. The number of nitrogens with zero attached hydrogens (tertiary/aromatic N) is 2. The van der Waals surface area contributed by atoms with E-state index in [1.54, 1.807) is 18.4 Å². The predicted molar refractivity (Wildman–Crippen MR) is 138 cm³/mol. The Morgan fingerprint density at radius 3 is 2.40 bits per heavy atom. The first-order valence-electron chi connectivity index (χ1n) is 13.3. The summed E-state index contributed by atoms with van der Waals surface area (Å²) in [7, 11) is 0. The van der Waals surface area contributed by atoms with Crippen molar-refractivity contribution in [3.63, 3.8) is 0 Å². The van der Waals surface area contributed by atoms with E-state index in [0.717, 1.165) is 57.4 Å². The first-order chi connectivity index (χ1) is 17.0. The van der Waals surface area contributed by atoms with Crippen LogP contribution in [0, 0.1) is 12.3 Å². The van der Waals surface area contributed by atoms with Crippen LogP contribution >= 0.6 is 0 Å². The quantitative estimate of drug-likeness (QED) is 0.432. The number of carboxylic acids is 1. The molecule has 0 radical (unpaired) electrons. The number of furan rings is 1. The summed E-state index contributed by atoms with van der Waals surface area (Å²) >= 11 is 0. The molecule has 1 saturated carbocycles. The number of carbonyl (C=O) groups is 2. The average Bonchev–Trinajstić information content (AvgIpc) is 3.41. The average molecular weight is 481 g/mol. The van der Waals surface area contributed by atoms with Gasteiger partial charge in [-0.2, -0.15) is 0 Å². The summed E-state index contributed by atoms with van der Waals surface area (Å²) in [5, 5.41) is 9.08. The van der Waals surface area contributed by atoms with Gasteiger partial charge in [0.25, 0.3) is 5.91 Å². The summed E-state index contributed by atoms with van der Waals surface area (Å²) in [6.07, 6.45) is 13.0. The Kier molecular flexibility index (Phi) is 8.66. The van der Waals surface area contributed by atoms with Gasteiger partial charge in [0.2, 0.25) is 0 Å². The highest BCUT2D eigenvalue weighted by molar-refractivity contribution is 6.04. The lowest BCUT2D eigenvalue weighted by Crippen LogP contribution is -2.48. The molecule has 190 valence electrons. The summed E-state index contributed by atoms with van der Waals surface area (Å²) in [5.41, 5.74) is 2.41. The van der Waals surface area contributed by atoms with Crippen LogP contribution in [0.3, 0.4) is 0 Å². The van der Waals surface area contributed by atoms with Gasteiger partial charge in [-0.25, -0.2) is 0 Å². The normalized spacial score (nSPS) is 18.9. The maximum absolute atomic E-state index is 13.4. The van der Waals surface area contributed by atoms with Crippen LogP contribution in [0.1, 0.15) is 86.7 Å². The Labute approximate surface area is 209 Å². The minimum absolute atomic E-state index is 0.0723. The summed E-state index contributed by atoms with van der Waals surface area (Å²) in [6, 6.07) is 11.8. The second kappa shape index (κ2) is 11.9. The van der Waals surface area contributed by atoms with Gasteiger partial charge in [0.05, 0.1) is 6.26 Å². The Bertz CT molecular complexity index is 940. The molecular weight excluding hydrogens is 440 g/mol. The number of piperidine rings is 1. The van der Waals surface area contributed by atoms with Crippen molar-refractivity contribution < 1.29 is 19.1 Å². The summed E-state index contributed by atoms with van der Waals surface area (Å²) in [4.78, 5) is 28.9. The second-order valence-corrected chi connectivity index (χ2v) is 10.6. The zero-order valence-electron chi connectivity index (χ0n) is 21.1. The molecule has 1 aromatic carbocycles. The largest absolute Gasteiger partial charge is 0.481 e. The van der Waals surface area contributed by atoms with E-state index in [1.807, 2.05) is 17.0 Å². The molecule has 0 unspecified atom stereocenters. The lowest BCUT2D eigenvalue weighted by molar-refractivity contribution is -0.137. The van der Waals surface area contributed by atoms with E-state index < -0.39 is 5.97 Å². The van der Waals surface area contributed by atoms with E-state index in [9.17, 15) is 9.59 Å². The zero-order valence-corrected chi connectivity index (χ0v) is 21.1. The maximum atomic E-state index is 13.4. The molecule has 1 amide bonds. The molecule has 35 heavy (non-hydrogen) atoms. The van der Waals surface area contributed by atoms with Gasteiger partial charge in [-0.15, -0.1) is 0 Å². The van der Waals surface area contributed by atoms with Crippen LogP contribution in [-0.2, 0) is 4.79 Å². The Balaban J connectivity index is 1.37. The van der Waals surface area contributed by atoms with E-state index in [2.05, 4.69) is 24.0 Å².